The zero-order valence-corrected chi connectivity index (χ0v) is 19.0. The fourth-order valence-electron chi connectivity index (χ4n) is 4.98. The SMILES string of the molecule is O=C1CC2(CCN(c3cnc4cnn(CC(F)F)c4n3)CC2)CN1Cc1ccc(C(F)(F)F)cc1F. The lowest BCUT2D eigenvalue weighted by Gasteiger charge is -2.39. The maximum Gasteiger partial charge on any atom is 0.416 e. The molecular weight excluding hydrogens is 490 g/mol. The number of alkyl halides is 5. The highest BCUT2D eigenvalue weighted by atomic mass is 19.4. The van der Waals surface area contributed by atoms with Gasteiger partial charge in [-0.1, -0.05) is 6.07 Å². The average molecular weight is 512 g/mol. The van der Waals surface area contributed by atoms with Crippen LogP contribution < -0.4 is 4.90 Å². The summed E-state index contributed by atoms with van der Waals surface area (Å²) in [6.07, 6.45) is -2.71. The Morgan fingerprint density at radius 2 is 1.86 bits per heavy atom. The first-order valence-electron chi connectivity index (χ1n) is 11.4. The first-order valence-corrected chi connectivity index (χ1v) is 11.4. The van der Waals surface area contributed by atoms with Crippen molar-refractivity contribution in [3.63, 3.8) is 0 Å². The summed E-state index contributed by atoms with van der Waals surface area (Å²) in [4.78, 5) is 24.9. The molecule has 3 aromatic rings. The smallest absolute Gasteiger partial charge is 0.355 e. The predicted octanol–water partition coefficient (Wildman–Crippen LogP) is 4.27. The van der Waals surface area contributed by atoms with E-state index in [1.807, 2.05) is 4.90 Å². The van der Waals surface area contributed by atoms with Crippen molar-refractivity contribution < 1.29 is 31.1 Å². The van der Waals surface area contributed by atoms with Crippen LogP contribution in [0.25, 0.3) is 11.2 Å². The van der Waals surface area contributed by atoms with Crippen molar-refractivity contribution in [3.05, 3.63) is 47.5 Å². The largest absolute Gasteiger partial charge is 0.416 e. The topological polar surface area (TPSA) is 67.2 Å². The molecule has 0 saturated carbocycles. The number of amides is 1. The Kier molecular flexibility index (Phi) is 6.03. The van der Waals surface area contributed by atoms with Crippen molar-refractivity contribution in [1.29, 1.82) is 0 Å². The van der Waals surface area contributed by atoms with Crippen molar-refractivity contribution in [2.75, 3.05) is 24.5 Å². The van der Waals surface area contributed by atoms with Gasteiger partial charge in [0.2, 0.25) is 5.91 Å². The lowest BCUT2D eigenvalue weighted by molar-refractivity contribution is -0.137. The Labute approximate surface area is 201 Å². The van der Waals surface area contributed by atoms with E-state index in [1.54, 1.807) is 6.20 Å². The lowest BCUT2D eigenvalue weighted by atomic mass is 9.77. The normalized spacial score (nSPS) is 18.2. The van der Waals surface area contributed by atoms with E-state index >= 15 is 0 Å². The summed E-state index contributed by atoms with van der Waals surface area (Å²) < 4.78 is 79.5. The Bertz CT molecular complexity index is 1280. The molecule has 1 spiro atoms. The number of anilines is 1. The number of hydrogen-bond donors (Lipinski definition) is 0. The molecule has 2 aliphatic rings. The number of benzene rings is 1. The monoisotopic (exact) mass is 512 g/mol. The minimum atomic E-state index is -4.64. The second kappa shape index (κ2) is 8.93. The average Bonchev–Trinajstić information content (AvgIpc) is 3.34. The third kappa shape index (κ3) is 4.70. The number of hydrogen-bond acceptors (Lipinski definition) is 5. The molecule has 0 radical (unpaired) electrons. The summed E-state index contributed by atoms with van der Waals surface area (Å²) in [5.74, 6) is -0.630. The second-order valence-electron chi connectivity index (χ2n) is 9.37. The molecule has 0 unspecified atom stereocenters. The Morgan fingerprint density at radius 1 is 1.11 bits per heavy atom. The van der Waals surface area contributed by atoms with Crippen LogP contribution in [0.3, 0.4) is 0 Å². The predicted molar refractivity (Wildman–Crippen MR) is 117 cm³/mol. The highest BCUT2D eigenvalue weighted by Gasteiger charge is 2.45. The van der Waals surface area contributed by atoms with Crippen LogP contribution >= 0.6 is 0 Å². The maximum absolute atomic E-state index is 14.3. The third-order valence-corrected chi connectivity index (χ3v) is 6.94. The van der Waals surface area contributed by atoms with Crippen LogP contribution in [-0.4, -0.2) is 56.6 Å². The van der Waals surface area contributed by atoms with Crippen molar-refractivity contribution in [2.45, 2.75) is 45.0 Å². The summed E-state index contributed by atoms with van der Waals surface area (Å²) >= 11 is 0. The van der Waals surface area contributed by atoms with E-state index in [-0.39, 0.29) is 35.5 Å². The van der Waals surface area contributed by atoms with Crippen LogP contribution in [0.1, 0.15) is 30.4 Å². The van der Waals surface area contributed by atoms with E-state index < -0.39 is 30.5 Å². The number of carbonyl (C=O) groups is 1. The molecule has 36 heavy (non-hydrogen) atoms. The van der Waals surface area contributed by atoms with E-state index in [1.165, 1.54) is 11.1 Å². The van der Waals surface area contributed by atoms with Crippen LogP contribution in [0.2, 0.25) is 0 Å². The highest BCUT2D eigenvalue weighted by molar-refractivity contribution is 5.79. The first kappa shape index (κ1) is 24.3. The lowest BCUT2D eigenvalue weighted by Crippen LogP contribution is -2.42. The van der Waals surface area contributed by atoms with Crippen molar-refractivity contribution in [3.8, 4) is 0 Å². The van der Waals surface area contributed by atoms with Gasteiger partial charge in [-0.25, -0.2) is 27.8 Å². The van der Waals surface area contributed by atoms with Crippen LogP contribution in [0, 0.1) is 11.2 Å². The highest BCUT2D eigenvalue weighted by Crippen LogP contribution is 2.42. The summed E-state index contributed by atoms with van der Waals surface area (Å²) in [5, 5.41) is 3.92. The van der Waals surface area contributed by atoms with Gasteiger partial charge in [0, 0.05) is 43.6 Å². The minimum Gasteiger partial charge on any atom is -0.355 e. The van der Waals surface area contributed by atoms with E-state index in [0.29, 0.717) is 49.9 Å². The molecule has 192 valence electrons. The molecular formula is C23H22F6N6O. The molecule has 1 amide bonds. The van der Waals surface area contributed by atoms with Gasteiger partial charge in [0.05, 0.1) is 18.0 Å². The fourth-order valence-corrected chi connectivity index (χ4v) is 4.98. The van der Waals surface area contributed by atoms with E-state index in [4.69, 9.17) is 0 Å². The van der Waals surface area contributed by atoms with E-state index in [0.717, 1.165) is 16.8 Å². The zero-order valence-electron chi connectivity index (χ0n) is 19.0. The molecule has 0 N–H and O–H groups in total. The van der Waals surface area contributed by atoms with Gasteiger partial charge in [-0.15, -0.1) is 0 Å². The molecule has 1 aromatic carbocycles. The molecule has 2 aromatic heterocycles. The third-order valence-electron chi connectivity index (χ3n) is 6.94. The van der Waals surface area contributed by atoms with Crippen LogP contribution in [-0.2, 0) is 24.1 Å². The molecule has 0 atom stereocenters. The second-order valence-corrected chi connectivity index (χ2v) is 9.37. The molecule has 5 rings (SSSR count). The number of likely N-dealkylation sites (tertiary alicyclic amines) is 1. The summed E-state index contributed by atoms with van der Waals surface area (Å²) in [7, 11) is 0. The number of carbonyl (C=O) groups excluding carboxylic acids is 1. The van der Waals surface area contributed by atoms with Crippen LogP contribution in [0.4, 0.5) is 32.2 Å². The quantitative estimate of drug-likeness (QED) is 0.478. The zero-order chi connectivity index (χ0) is 25.7. The van der Waals surface area contributed by atoms with Gasteiger partial charge in [-0.3, -0.25) is 4.79 Å². The fraction of sp³-hybridized carbons (Fsp3) is 0.478. The van der Waals surface area contributed by atoms with Crippen molar-refractivity contribution in [2.24, 2.45) is 5.41 Å². The molecule has 2 aliphatic heterocycles. The minimum absolute atomic E-state index is 0.0369. The van der Waals surface area contributed by atoms with E-state index in [9.17, 15) is 31.1 Å². The molecule has 4 heterocycles. The Balaban J connectivity index is 1.25. The van der Waals surface area contributed by atoms with Crippen LogP contribution in [0.5, 0.6) is 0 Å². The van der Waals surface area contributed by atoms with Gasteiger partial charge in [0.25, 0.3) is 6.43 Å². The number of fused-ring (bicyclic) bond motifs is 1. The molecule has 13 heteroatoms. The number of rotatable bonds is 5. The summed E-state index contributed by atoms with van der Waals surface area (Å²) in [5.41, 5.74) is -0.673. The Hall–Kier alpha value is -3.38. The standard InChI is InChI=1S/C23H22F6N6O/c24-16-7-15(23(27,28)29)2-1-14(16)11-34-13-22(8-20(34)36)3-5-33(6-4-22)19-10-30-17-9-31-35(12-18(25)26)21(17)32-19/h1-2,7,9-10,18H,3-6,8,11-13H2. The van der Waals surface area contributed by atoms with Crippen LogP contribution in [0.15, 0.2) is 30.6 Å². The Morgan fingerprint density at radius 3 is 2.53 bits per heavy atom. The van der Waals surface area contributed by atoms with E-state index in [2.05, 4.69) is 15.1 Å². The van der Waals surface area contributed by atoms with Crippen molar-refractivity contribution >= 4 is 22.9 Å². The van der Waals surface area contributed by atoms with Gasteiger partial charge in [0.15, 0.2) is 5.65 Å². The number of aromatic nitrogens is 4. The van der Waals surface area contributed by atoms with Crippen molar-refractivity contribution in [1.82, 2.24) is 24.6 Å². The molecule has 7 nitrogen and oxygen atoms in total. The maximum atomic E-state index is 14.3. The number of halogens is 6. The summed E-state index contributed by atoms with van der Waals surface area (Å²) in [6.45, 7) is 0.816. The van der Waals surface area contributed by atoms with Gasteiger partial charge in [-0.2, -0.15) is 18.3 Å². The van der Waals surface area contributed by atoms with Gasteiger partial charge in [-0.05, 0) is 25.0 Å². The summed E-state index contributed by atoms with van der Waals surface area (Å²) in [6, 6.07) is 2.35. The van der Waals surface area contributed by atoms with Gasteiger partial charge < -0.3 is 9.80 Å². The molecule has 0 bridgehead atoms. The molecule has 2 fully saturated rings. The van der Waals surface area contributed by atoms with Gasteiger partial charge in [0.1, 0.15) is 23.7 Å². The number of nitrogens with zero attached hydrogens (tertiary/aromatic N) is 6. The molecule has 2 saturated heterocycles. The van der Waals surface area contributed by atoms with Gasteiger partial charge >= 0.3 is 6.18 Å². The number of piperidine rings is 1. The first-order chi connectivity index (χ1) is 17.0. The molecule has 0 aliphatic carbocycles.